The van der Waals surface area contributed by atoms with Gasteiger partial charge in [0.2, 0.25) is 10.0 Å². The highest BCUT2D eigenvalue weighted by molar-refractivity contribution is 7.89. The molecule has 7 heteroatoms. The van der Waals surface area contributed by atoms with Crippen LogP contribution in [0.1, 0.15) is 25.7 Å². The first-order chi connectivity index (χ1) is 9.43. The lowest BCUT2D eigenvalue weighted by molar-refractivity contribution is 0.282. The molecule has 2 rings (SSSR count). The van der Waals surface area contributed by atoms with Gasteiger partial charge in [-0.3, -0.25) is 0 Å². The summed E-state index contributed by atoms with van der Waals surface area (Å²) in [5.74, 6) is -0.596. The van der Waals surface area contributed by atoms with Crippen LogP contribution in [-0.2, 0) is 10.0 Å². The first-order valence-corrected chi connectivity index (χ1v) is 8.18. The third kappa shape index (κ3) is 3.28. The maximum absolute atomic E-state index is 14.2. The van der Waals surface area contributed by atoms with E-state index in [1.807, 2.05) is 4.90 Å². The normalized spacial score (nSPS) is 15.9. The van der Waals surface area contributed by atoms with Gasteiger partial charge in [0.15, 0.2) is 0 Å². The summed E-state index contributed by atoms with van der Waals surface area (Å²) in [5.41, 5.74) is 0.371. The number of aliphatic hydroxyl groups excluding tert-OH is 1. The molecule has 1 saturated carbocycles. The van der Waals surface area contributed by atoms with Crippen LogP contribution >= 0.6 is 0 Å². The second-order valence-electron chi connectivity index (χ2n) is 5.01. The average Bonchev–Trinajstić information content (AvgIpc) is 2.31. The maximum atomic E-state index is 14.2. The van der Waals surface area contributed by atoms with E-state index in [9.17, 15) is 12.8 Å². The van der Waals surface area contributed by atoms with Gasteiger partial charge in [0, 0.05) is 19.2 Å². The first kappa shape index (κ1) is 15.2. The molecule has 20 heavy (non-hydrogen) atoms. The number of halogens is 1. The van der Waals surface area contributed by atoms with Crippen molar-refractivity contribution in [2.24, 2.45) is 5.14 Å². The van der Waals surface area contributed by atoms with E-state index in [4.69, 9.17) is 10.2 Å². The lowest BCUT2D eigenvalue weighted by Crippen LogP contribution is -2.41. The Labute approximate surface area is 118 Å². The van der Waals surface area contributed by atoms with E-state index in [-0.39, 0.29) is 17.5 Å². The number of nitrogens with two attached hydrogens (primary N) is 1. The number of sulfonamides is 1. The van der Waals surface area contributed by atoms with Crippen LogP contribution in [0.5, 0.6) is 0 Å². The summed E-state index contributed by atoms with van der Waals surface area (Å²) in [7, 11) is -3.90. The highest BCUT2D eigenvalue weighted by Gasteiger charge is 2.27. The van der Waals surface area contributed by atoms with E-state index in [0.29, 0.717) is 18.7 Å². The van der Waals surface area contributed by atoms with Crippen LogP contribution in [0.4, 0.5) is 10.1 Å². The van der Waals surface area contributed by atoms with Gasteiger partial charge in [-0.15, -0.1) is 0 Å². The highest BCUT2D eigenvalue weighted by Crippen LogP contribution is 2.32. The largest absolute Gasteiger partial charge is 0.396 e. The lowest BCUT2D eigenvalue weighted by Gasteiger charge is -2.39. The van der Waals surface area contributed by atoms with Gasteiger partial charge in [0.05, 0.1) is 10.6 Å². The van der Waals surface area contributed by atoms with Crippen molar-refractivity contribution < 1.29 is 17.9 Å². The van der Waals surface area contributed by atoms with Gasteiger partial charge in [-0.2, -0.15) is 0 Å². The molecule has 1 fully saturated rings. The Hall–Kier alpha value is -1.18. The highest BCUT2D eigenvalue weighted by atomic mass is 32.2. The fraction of sp³-hybridized carbons (Fsp3) is 0.538. The van der Waals surface area contributed by atoms with Gasteiger partial charge in [0.1, 0.15) is 5.82 Å². The minimum Gasteiger partial charge on any atom is -0.396 e. The summed E-state index contributed by atoms with van der Waals surface area (Å²) in [6.45, 7) is 0.590. The second kappa shape index (κ2) is 6.07. The summed E-state index contributed by atoms with van der Waals surface area (Å²) >= 11 is 0. The number of anilines is 1. The molecule has 0 heterocycles. The van der Waals surface area contributed by atoms with Crippen LogP contribution in [0, 0.1) is 5.82 Å². The SMILES string of the molecule is NS(=O)(=O)c1ccc(N(CCCO)C2CCC2)c(F)c1. The van der Waals surface area contributed by atoms with Crippen molar-refractivity contribution in [1.82, 2.24) is 0 Å². The fourth-order valence-corrected chi connectivity index (χ4v) is 2.86. The standard InChI is InChI=1S/C13H19FN2O3S/c14-12-9-11(20(15,18)19)5-6-13(12)16(7-2-8-17)10-3-1-4-10/h5-6,9-10,17H,1-4,7-8H2,(H2,15,18,19). The number of hydrogen-bond donors (Lipinski definition) is 2. The van der Waals surface area contributed by atoms with Crippen LogP contribution in [0.15, 0.2) is 23.1 Å². The molecule has 0 aromatic heterocycles. The van der Waals surface area contributed by atoms with E-state index in [0.717, 1.165) is 25.3 Å². The van der Waals surface area contributed by atoms with E-state index in [2.05, 4.69) is 0 Å². The number of rotatable bonds is 6. The quantitative estimate of drug-likeness (QED) is 0.827. The molecular weight excluding hydrogens is 283 g/mol. The Morgan fingerprint density at radius 1 is 1.40 bits per heavy atom. The van der Waals surface area contributed by atoms with Gasteiger partial charge in [-0.25, -0.2) is 17.9 Å². The van der Waals surface area contributed by atoms with Crippen LogP contribution in [0.3, 0.4) is 0 Å². The number of primary sulfonamides is 1. The molecule has 112 valence electrons. The molecule has 1 aliphatic rings. The van der Waals surface area contributed by atoms with Crippen molar-refractivity contribution in [3.05, 3.63) is 24.0 Å². The van der Waals surface area contributed by atoms with E-state index >= 15 is 0 Å². The molecule has 0 atom stereocenters. The fourth-order valence-electron chi connectivity index (χ4n) is 2.34. The summed E-state index contributed by atoms with van der Waals surface area (Å²) < 4.78 is 36.6. The van der Waals surface area contributed by atoms with Crippen molar-refractivity contribution in [3.8, 4) is 0 Å². The van der Waals surface area contributed by atoms with Crippen molar-refractivity contribution in [3.63, 3.8) is 0 Å². The Kier molecular flexibility index (Phi) is 4.62. The lowest BCUT2D eigenvalue weighted by atomic mass is 9.91. The van der Waals surface area contributed by atoms with Crippen molar-refractivity contribution in [2.75, 3.05) is 18.1 Å². The van der Waals surface area contributed by atoms with Crippen LogP contribution < -0.4 is 10.0 Å². The van der Waals surface area contributed by atoms with Crippen LogP contribution in [0.2, 0.25) is 0 Å². The molecule has 1 aromatic rings. The zero-order valence-electron chi connectivity index (χ0n) is 11.1. The molecule has 0 bridgehead atoms. The number of nitrogens with zero attached hydrogens (tertiary/aromatic N) is 1. The molecule has 0 unspecified atom stereocenters. The van der Waals surface area contributed by atoms with Crippen molar-refractivity contribution in [2.45, 2.75) is 36.6 Å². The van der Waals surface area contributed by atoms with Crippen molar-refractivity contribution >= 4 is 15.7 Å². The summed E-state index contributed by atoms with van der Waals surface area (Å²) in [5, 5.41) is 13.9. The van der Waals surface area contributed by atoms with Gasteiger partial charge >= 0.3 is 0 Å². The monoisotopic (exact) mass is 302 g/mol. The molecule has 5 nitrogen and oxygen atoms in total. The number of hydrogen-bond acceptors (Lipinski definition) is 4. The average molecular weight is 302 g/mol. The molecule has 0 saturated heterocycles. The minimum atomic E-state index is -3.90. The van der Waals surface area contributed by atoms with Crippen molar-refractivity contribution in [1.29, 1.82) is 0 Å². The molecular formula is C13H19FN2O3S. The molecule has 3 N–H and O–H groups in total. The zero-order chi connectivity index (χ0) is 14.8. The zero-order valence-corrected chi connectivity index (χ0v) is 11.9. The van der Waals surface area contributed by atoms with Crippen LogP contribution in [-0.4, -0.2) is 32.7 Å². The van der Waals surface area contributed by atoms with Gasteiger partial charge in [0.25, 0.3) is 0 Å². The third-order valence-corrected chi connectivity index (χ3v) is 4.54. The summed E-state index contributed by atoms with van der Waals surface area (Å²) in [6.07, 6.45) is 3.63. The van der Waals surface area contributed by atoms with E-state index < -0.39 is 15.8 Å². The molecule has 0 spiro atoms. The summed E-state index contributed by atoms with van der Waals surface area (Å²) in [6, 6.07) is 3.98. The Bertz CT molecular complexity index is 573. The Morgan fingerprint density at radius 3 is 2.55 bits per heavy atom. The van der Waals surface area contributed by atoms with Gasteiger partial charge in [-0.1, -0.05) is 0 Å². The van der Waals surface area contributed by atoms with E-state index in [1.165, 1.54) is 12.1 Å². The predicted molar refractivity (Wildman–Crippen MR) is 74.5 cm³/mol. The Balaban J connectivity index is 2.28. The number of benzene rings is 1. The minimum absolute atomic E-state index is 0.0418. The summed E-state index contributed by atoms with van der Waals surface area (Å²) in [4.78, 5) is 1.68. The molecule has 1 aliphatic carbocycles. The molecule has 1 aromatic carbocycles. The first-order valence-electron chi connectivity index (χ1n) is 6.63. The van der Waals surface area contributed by atoms with Gasteiger partial charge < -0.3 is 10.0 Å². The number of aliphatic hydroxyl groups is 1. The Morgan fingerprint density at radius 2 is 2.10 bits per heavy atom. The maximum Gasteiger partial charge on any atom is 0.238 e. The topological polar surface area (TPSA) is 83.6 Å². The molecule has 0 aliphatic heterocycles. The molecule has 0 radical (unpaired) electrons. The second-order valence-corrected chi connectivity index (χ2v) is 6.57. The molecule has 0 amide bonds. The smallest absolute Gasteiger partial charge is 0.238 e. The van der Waals surface area contributed by atoms with Gasteiger partial charge in [-0.05, 0) is 43.9 Å². The van der Waals surface area contributed by atoms with E-state index in [1.54, 1.807) is 0 Å². The van der Waals surface area contributed by atoms with Crippen LogP contribution in [0.25, 0.3) is 0 Å². The predicted octanol–water partition coefficient (Wildman–Crippen LogP) is 1.21. The third-order valence-electron chi connectivity index (χ3n) is 3.63.